The maximum atomic E-state index is 12.0. The molecule has 0 spiro atoms. The van der Waals surface area contributed by atoms with Gasteiger partial charge in [-0.05, 0) is 24.6 Å². The number of rotatable bonds is 3. The number of carbonyl (C=O) groups is 1. The van der Waals surface area contributed by atoms with Crippen molar-refractivity contribution in [3.63, 3.8) is 0 Å². The summed E-state index contributed by atoms with van der Waals surface area (Å²) in [6.45, 7) is 2.80. The lowest BCUT2D eigenvalue weighted by molar-refractivity contribution is -0.123. The number of phenolic OH excluding ortho intramolecular Hbond substituents is 1. The molecular weight excluding hydrogens is 248 g/mol. The molecule has 3 N–H and O–H groups in total. The summed E-state index contributed by atoms with van der Waals surface area (Å²) in [5.41, 5.74) is 0.909. The van der Waals surface area contributed by atoms with Crippen LogP contribution in [-0.2, 0) is 4.79 Å². The van der Waals surface area contributed by atoms with Crippen LogP contribution in [0.4, 0.5) is 0 Å². The van der Waals surface area contributed by atoms with E-state index in [-0.39, 0.29) is 23.7 Å². The second-order valence-corrected chi connectivity index (χ2v) is 5.56. The Kier molecular flexibility index (Phi) is 4.49. The van der Waals surface area contributed by atoms with Crippen LogP contribution >= 0.6 is 11.8 Å². The van der Waals surface area contributed by atoms with E-state index >= 15 is 0 Å². The van der Waals surface area contributed by atoms with Crippen LogP contribution in [0.15, 0.2) is 24.3 Å². The Balaban J connectivity index is 1.94. The van der Waals surface area contributed by atoms with E-state index in [2.05, 4.69) is 10.6 Å². The van der Waals surface area contributed by atoms with Crippen LogP contribution in [0.25, 0.3) is 0 Å². The molecule has 1 amide bonds. The lowest BCUT2D eigenvalue weighted by atomic mass is 10.1. The largest absolute Gasteiger partial charge is 0.508 e. The first-order chi connectivity index (χ1) is 8.66. The SMILES string of the molecule is CC(NC(=O)C1CSCCN1)c1cccc(O)c1. The third kappa shape index (κ3) is 3.40. The molecule has 5 heteroatoms. The Hall–Kier alpha value is -1.20. The average molecular weight is 266 g/mol. The molecule has 98 valence electrons. The molecule has 2 rings (SSSR count). The van der Waals surface area contributed by atoms with Crippen molar-refractivity contribution < 1.29 is 9.90 Å². The van der Waals surface area contributed by atoms with E-state index in [1.807, 2.05) is 13.0 Å². The summed E-state index contributed by atoms with van der Waals surface area (Å²) < 4.78 is 0. The standard InChI is InChI=1S/C13H18N2O2S/c1-9(10-3-2-4-11(16)7-10)15-13(17)12-8-18-6-5-14-12/h2-4,7,9,12,14,16H,5-6,8H2,1H3,(H,15,17). The van der Waals surface area contributed by atoms with Crippen molar-refractivity contribution in [2.75, 3.05) is 18.1 Å². The van der Waals surface area contributed by atoms with E-state index in [4.69, 9.17) is 0 Å². The second kappa shape index (κ2) is 6.11. The molecule has 0 radical (unpaired) electrons. The van der Waals surface area contributed by atoms with Gasteiger partial charge in [-0.15, -0.1) is 0 Å². The van der Waals surface area contributed by atoms with Crippen LogP contribution in [0.1, 0.15) is 18.5 Å². The molecule has 1 heterocycles. The van der Waals surface area contributed by atoms with E-state index in [0.29, 0.717) is 0 Å². The molecular formula is C13H18N2O2S. The number of hydrogen-bond acceptors (Lipinski definition) is 4. The number of phenols is 1. The van der Waals surface area contributed by atoms with E-state index in [1.165, 1.54) is 0 Å². The number of carbonyl (C=O) groups excluding carboxylic acids is 1. The highest BCUT2D eigenvalue weighted by atomic mass is 32.2. The highest BCUT2D eigenvalue weighted by Crippen LogP contribution is 2.18. The molecule has 1 aliphatic rings. The summed E-state index contributed by atoms with van der Waals surface area (Å²) in [4.78, 5) is 12.0. The number of benzene rings is 1. The molecule has 2 unspecified atom stereocenters. The minimum atomic E-state index is -0.108. The molecule has 4 nitrogen and oxygen atoms in total. The Morgan fingerprint density at radius 3 is 3.11 bits per heavy atom. The smallest absolute Gasteiger partial charge is 0.238 e. The first-order valence-corrected chi connectivity index (χ1v) is 7.23. The van der Waals surface area contributed by atoms with Crippen LogP contribution in [-0.4, -0.2) is 35.1 Å². The van der Waals surface area contributed by atoms with Gasteiger partial charge in [0.05, 0.1) is 12.1 Å². The quantitative estimate of drug-likeness (QED) is 0.771. The van der Waals surface area contributed by atoms with E-state index in [0.717, 1.165) is 23.6 Å². The number of nitrogens with one attached hydrogen (secondary N) is 2. The summed E-state index contributed by atoms with van der Waals surface area (Å²) in [6, 6.07) is 6.77. The van der Waals surface area contributed by atoms with Crippen LogP contribution in [0.3, 0.4) is 0 Å². The molecule has 18 heavy (non-hydrogen) atoms. The van der Waals surface area contributed by atoms with E-state index in [1.54, 1.807) is 30.0 Å². The van der Waals surface area contributed by atoms with Crippen LogP contribution in [0, 0.1) is 0 Å². The van der Waals surface area contributed by atoms with E-state index < -0.39 is 0 Å². The molecule has 0 aliphatic carbocycles. The predicted molar refractivity (Wildman–Crippen MR) is 73.8 cm³/mol. The number of aromatic hydroxyl groups is 1. The van der Waals surface area contributed by atoms with Gasteiger partial charge in [0.1, 0.15) is 5.75 Å². The van der Waals surface area contributed by atoms with Crippen molar-refractivity contribution in [1.29, 1.82) is 0 Å². The van der Waals surface area contributed by atoms with Crippen LogP contribution in [0.2, 0.25) is 0 Å². The lowest BCUT2D eigenvalue weighted by Gasteiger charge is -2.24. The first kappa shape index (κ1) is 13.2. The van der Waals surface area contributed by atoms with Gasteiger partial charge < -0.3 is 15.7 Å². The van der Waals surface area contributed by atoms with Crippen molar-refractivity contribution in [2.45, 2.75) is 19.0 Å². The van der Waals surface area contributed by atoms with Gasteiger partial charge in [0, 0.05) is 18.1 Å². The van der Waals surface area contributed by atoms with Gasteiger partial charge in [0.2, 0.25) is 5.91 Å². The normalized spacial score (nSPS) is 21.3. The number of amides is 1. The minimum absolute atomic E-state index is 0.0260. The zero-order valence-corrected chi connectivity index (χ0v) is 11.2. The van der Waals surface area contributed by atoms with Crippen molar-refractivity contribution >= 4 is 17.7 Å². The highest BCUT2D eigenvalue weighted by Gasteiger charge is 2.22. The molecule has 1 aliphatic heterocycles. The fourth-order valence-corrected chi connectivity index (χ4v) is 2.86. The highest BCUT2D eigenvalue weighted by molar-refractivity contribution is 7.99. The summed E-state index contributed by atoms with van der Waals surface area (Å²) in [7, 11) is 0. The molecule has 1 saturated heterocycles. The van der Waals surface area contributed by atoms with Gasteiger partial charge in [-0.2, -0.15) is 11.8 Å². The summed E-state index contributed by atoms with van der Waals surface area (Å²) >= 11 is 1.79. The molecule has 0 bridgehead atoms. The number of hydrogen-bond donors (Lipinski definition) is 3. The summed E-state index contributed by atoms with van der Waals surface area (Å²) in [6.07, 6.45) is 0. The zero-order chi connectivity index (χ0) is 13.0. The Morgan fingerprint density at radius 2 is 2.44 bits per heavy atom. The molecule has 0 saturated carbocycles. The minimum Gasteiger partial charge on any atom is -0.508 e. The third-order valence-corrected chi connectivity index (χ3v) is 4.03. The zero-order valence-electron chi connectivity index (χ0n) is 10.3. The van der Waals surface area contributed by atoms with Gasteiger partial charge in [-0.1, -0.05) is 12.1 Å². The fraction of sp³-hybridized carbons (Fsp3) is 0.462. The Labute approximate surface area is 111 Å². The summed E-state index contributed by atoms with van der Waals surface area (Å²) in [5.74, 6) is 2.13. The maximum absolute atomic E-state index is 12.0. The third-order valence-electron chi connectivity index (χ3n) is 2.97. The van der Waals surface area contributed by atoms with Crippen LogP contribution in [0.5, 0.6) is 5.75 Å². The molecule has 1 fully saturated rings. The maximum Gasteiger partial charge on any atom is 0.238 e. The topological polar surface area (TPSA) is 61.4 Å². The van der Waals surface area contributed by atoms with Crippen molar-refractivity contribution in [2.24, 2.45) is 0 Å². The van der Waals surface area contributed by atoms with Gasteiger partial charge in [0.15, 0.2) is 0 Å². The predicted octanol–water partition coefficient (Wildman–Crippen LogP) is 1.27. The fourth-order valence-electron chi connectivity index (χ4n) is 1.93. The molecule has 0 aromatic heterocycles. The van der Waals surface area contributed by atoms with Crippen molar-refractivity contribution in [3.05, 3.63) is 29.8 Å². The first-order valence-electron chi connectivity index (χ1n) is 6.07. The molecule has 1 aromatic carbocycles. The van der Waals surface area contributed by atoms with Gasteiger partial charge in [-0.3, -0.25) is 4.79 Å². The summed E-state index contributed by atoms with van der Waals surface area (Å²) in [5, 5.41) is 15.6. The molecule has 2 atom stereocenters. The van der Waals surface area contributed by atoms with Gasteiger partial charge in [-0.25, -0.2) is 0 Å². The Bertz CT molecular complexity index is 419. The second-order valence-electron chi connectivity index (χ2n) is 4.41. The lowest BCUT2D eigenvalue weighted by Crippen LogP contribution is -2.49. The van der Waals surface area contributed by atoms with Crippen molar-refractivity contribution in [1.82, 2.24) is 10.6 Å². The van der Waals surface area contributed by atoms with Gasteiger partial charge >= 0.3 is 0 Å². The monoisotopic (exact) mass is 266 g/mol. The molecule has 1 aromatic rings. The van der Waals surface area contributed by atoms with E-state index in [9.17, 15) is 9.90 Å². The van der Waals surface area contributed by atoms with Crippen LogP contribution < -0.4 is 10.6 Å². The number of thioether (sulfide) groups is 1. The van der Waals surface area contributed by atoms with Gasteiger partial charge in [0.25, 0.3) is 0 Å². The van der Waals surface area contributed by atoms with Crippen molar-refractivity contribution in [3.8, 4) is 5.75 Å². The Morgan fingerprint density at radius 1 is 1.61 bits per heavy atom. The average Bonchev–Trinajstić information content (AvgIpc) is 2.39.